The summed E-state index contributed by atoms with van der Waals surface area (Å²) in [5, 5.41) is 3.02. The zero-order chi connectivity index (χ0) is 19.9. The van der Waals surface area contributed by atoms with Crippen molar-refractivity contribution in [3.8, 4) is 11.8 Å². The number of nitrogens with zero attached hydrogens (tertiary/aromatic N) is 2. The van der Waals surface area contributed by atoms with Crippen LogP contribution in [0.4, 0.5) is 5.69 Å². The van der Waals surface area contributed by atoms with E-state index in [9.17, 15) is 0 Å². The van der Waals surface area contributed by atoms with Crippen molar-refractivity contribution in [2.75, 3.05) is 19.5 Å². The quantitative estimate of drug-likeness (QED) is 0.445. The van der Waals surface area contributed by atoms with Crippen LogP contribution in [0, 0.1) is 0 Å². The van der Waals surface area contributed by atoms with Crippen LogP contribution in [0.5, 0.6) is 11.8 Å². The molecule has 3 rings (SSSR count). The third-order valence-corrected chi connectivity index (χ3v) is 5.19. The summed E-state index contributed by atoms with van der Waals surface area (Å²) >= 11 is 6.51. The zero-order valence-corrected chi connectivity index (χ0v) is 17.1. The highest BCUT2D eigenvalue weighted by atomic mass is 32.2. The van der Waals surface area contributed by atoms with E-state index in [2.05, 4.69) is 27.4 Å². The smallest absolute Gasteiger partial charge is 0.220 e. The second kappa shape index (κ2) is 9.38. The van der Waals surface area contributed by atoms with Crippen molar-refractivity contribution in [1.82, 2.24) is 9.97 Å². The largest absolute Gasteiger partial charge is 0.481 e. The summed E-state index contributed by atoms with van der Waals surface area (Å²) in [6, 6.07) is 19.6. The fourth-order valence-electron chi connectivity index (χ4n) is 2.54. The maximum atomic E-state index is 5.52. The third kappa shape index (κ3) is 5.11. The molecular formula is C20H20N4O2S2. The molecule has 0 aliphatic carbocycles. The predicted molar refractivity (Wildman–Crippen MR) is 116 cm³/mol. The Bertz CT molecular complexity index is 914. The van der Waals surface area contributed by atoms with Gasteiger partial charge in [-0.3, -0.25) is 0 Å². The minimum Gasteiger partial charge on any atom is -0.481 e. The van der Waals surface area contributed by atoms with Crippen LogP contribution in [0.2, 0.25) is 0 Å². The predicted octanol–water partition coefficient (Wildman–Crippen LogP) is 4.03. The third-order valence-electron chi connectivity index (χ3n) is 3.83. The highest BCUT2D eigenvalue weighted by Crippen LogP contribution is 2.40. The average Bonchev–Trinajstić information content (AvgIpc) is 2.73. The van der Waals surface area contributed by atoms with E-state index in [0.717, 1.165) is 16.1 Å². The van der Waals surface area contributed by atoms with Gasteiger partial charge in [0.15, 0.2) is 10.9 Å². The van der Waals surface area contributed by atoms with Crippen molar-refractivity contribution >= 4 is 34.8 Å². The van der Waals surface area contributed by atoms with Crippen LogP contribution in [0.3, 0.4) is 0 Å². The van der Waals surface area contributed by atoms with Gasteiger partial charge in [-0.2, -0.15) is 9.97 Å². The van der Waals surface area contributed by atoms with Crippen molar-refractivity contribution in [2.45, 2.75) is 10.1 Å². The van der Waals surface area contributed by atoms with E-state index in [1.807, 2.05) is 42.5 Å². The Morgan fingerprint density at radius 3 is 2.14 bits per heavy atom. The fourth-order valence-corrected chi connectivity index (χ4v) is 3.73. The summed E-state index contributed by atoms with van der Waals surface area (Å²) in [4.78, 5) is 10.1. The molecule has 0 amide bonds. The molecule has 28 heavy (non-hydrogen) atoms. The number of hydrogen-bond donors (Lipinski definition) is 2. The Kier molecular flexibility index (Phi) is 6.67. The standard InChI is InChI=1S/C20H20N4O2S2/c1-25-16-12-17(26-2)24-19(23-16)18(13-6-4-3-5-7-13)28-15-10-8-14(9-11-15)22-20(21)27/h3-12,18H,1-2H3,(H3,21,22,27). The van der Waals surface area contributed by atoms with Crippen molar-refractivity contribution in [1.29, 1.82) is 0 Å². The molecule has 8 heteroatoms. The van der Waals surface area contributed by atoms with Gasteiger partial charge < -0.3 is 20.5 Å². The van der Waals surface area contributed by atoms with E-state index >= 15 is 0 Å². The van der Waals surface area contributed by atoms with Crippen LogP contribution < -0.4 is 20.5 Å². The molecule has 0 saturated carbocycles. The van der Waals surface area contributed by atoms with E-state index in [4.69, 9.17) is 27.4 Å². The van der Waals surface area contributed by atoms with Crippen molar-refractivity contribution < 1.29 is 9.47 Å². The first-order chi connectivity index (χ1) is 13.6. The summed E-state index contributed by atoms with van der Waals surface area (Å²) < 4.78 is 10.6. The molecule has 0 fully saturated rings. The molecule has 1 atom stereocenters. The number of anilines is 1. The van der Waals surface area contributed by atoms with Gasteiger partial charge in [-0.1, -0.05) is 30.3 Å². The van der Waals surface area contributed by atoms with Crippen LogP contribution in [-0.4, -0.2) is 29.3 Å². The number of ether oxygens (including phenoxy) is 2. The van der Waals surface area contributed by atoms with E-state index in [1.165, 1.54) is 0 Å². The minimum atomic E-state index is -0.139. The van der Waals surface area contributed by atoms with Gasteiger partial charge in [0.1, 0.15) is 0 Å². The summed E-state index contributed by atoms with van der Waals surface area (Å²) in [5.74, 6) is 1.52. The molecule has 1 heterocycles. The lowest BCUT2D eigenvalue weighted by atomic mass is 10.1. The van der Waals surface area contributed by atoms with Crippen LogP contribution >= 0.6 is 24.0 Å². The molecule has 0 radical (unpaired) electrons. The number of aromatic nitrogens is 2. The molecule has 144 valence electrons. The summed E-state index contributed by atoms with van der Waals surface area (Å²) in [6.45, 7) is 0. The first kappa shape index (κ1) is 19.9. The molecule has 0 spiro atoms. The van der Waals surface area contributed by atoms with Crippen molar-refractivity contribution in [3.63, 3.8) is 0 Å². The Balaban J connectivity index is 1.96. The first-order valence-electron chi connectivity index (χ1n) is 8.44. The van der Waals surface area contributed by atoms with Gasteiger partial charge in [-0.05, 0) is 42.0 Å². The van der Waals surface area contributed by atoms with Gasteiger partial charge >= 0.3 is 0 Å². The number of rotatable bonds is 7. The number of benzene rings is 2. The Morgan fingerprint density at radius 1 is 1.00 bits per heavy atom. The molecule has 1 aromatic heterocycles. The normalized spacial score (nSPS) is 11.5. The van der Waals surface area contributed by atoms with Gasteiger partial charge in [-0.25, -0.2) is 0 Å². The lowest BCUT2D eigenvalue weighted by Gasteiger charge is -2.17. The molecule has 0 aliphatic rings. The summed E-state index contributed by atoms with van der Waals surface area (Å²) in [6.07, 6.45) is 0. The van der Waals surface area contributed by atoms with Crippen LogP contribution in [-0.2, 0) is 0 Å². The number of thiocarbonyl (C=S) groups is 1. The van der Waals surface area contributed by atoms with E-state index < -0.39 is 0 Å². The highest BCUT2D eigenvalue weighted by Gasteiger charge is 2.21. The molecule has 3 N–H and O–H groups in total. The molecular weight excluding hydrogens is 392 g/mol. The van der Waals surface area contributed by atoms with Crippen LogP contribution in [0.1, 0.15) is 16.6 Å². The topological polar surface area (TPSA) is 82.3 Å². The van der Waals surface area contributed by atoms with E-state index in [-0.39, 0.29) is 10.4 Å². The number of nitrogens with two attached hydrogens (primary N) is 1. The van der Waals surface area contributed by atoms with Crippen LogP contribution in [0.15, 0.2) is 65.6 Å². The SMILES string of the molecule is COc1cc(OC)nc(C(Sc2ccc(NC(N)=S)cc2)c2ccccc2)n1. The summed E-state index contributed by atoms with van der Waals surface area (Å²) in [7, 11) is 3.15. The van der Waals surface area contributed by atoms with Gasteiger partial charge in [0.2, 0.25) is 11.8 Å². The maximum Gasteiger partial charge on any atom is 0.220 e. The van der Waals surface area contributed by atoms with Gasteiger partial charge in [-0.15, -0.1) is 11.8 Å². The number of thioether (sulfide) groups is 1. The number of nitrogens with one attached hydrogen (secondary N) is 1. The van der Waals surface area contributed by atoms with Gasteiger partial charge in [0.05, 0.1) is 25.5 Å². The molecule has 3 aromatic rings. The second-order valence-corrected chi connectivity index (χ2v) is 7.35. The number of methoxy groups -OCH3 is 2. The fraction of sp³-hybridized carbons (Fsp3) is 0.150. The van der Waals surface area contributed by atoms with E-state index in [0.29, 0.717) is 17.6 Å². The Hall–Kier alpha value is -2.84. The van der Waals surface area contributed by atoms with E-state index in [1.54, 1.807) is 32.0 Å². The van der Waals surface area contributed by atoms with Gasteiger partial charge in [0.25, 0.3) is 0 Å². The van der Waals surface area contributed by atoms with Gasteiger partial charge in [0, 0.05) is 10.6 Å². The second-order valence-electron chi connectivity index (χ2n) is 5.73. The highest BCUT2D eigenvalue weighted by molar-refractivity contribution is 7.99. The Morgan fingerprint density at radius 2 is 1.61 bits per heavy atom. The summed E-state index contributed by atoms with van der Waals surface area (Å²) in [5.41, 5.74) is 7.44. The lowest BCUT2D eigenvalue weighted by Crippen LogP contribution is -2.18. The molecule has 0 aliphatic heterocycles. The zero-order valence-electron chi connectivity index (χ0n) is 15.5. The van der Waals surface area contributed by atoms with Crippen molar-refractivity contribution in [2.24, 2.45) is 5.73 Å². The number of hydrogen-bond acceptors (Lipinski definition) is 6. The monoisotopic (exact) mass is 412 g/mol. The molecule has 0 saturated heterocycles. The molecule has 6 nitrogen and oxygen atoms in total. The minimum absolute atomic E-state index is 0.139. The maximum absolute atomic E-state index is 5.52. The first-order valence-corrected chi connectivity index (χ1v) is 9.73. The Labute approximate surface area is 173 Å². The average molecular weight is 413 g/mol. The van der Waals surface area contributed by atoms with Crippen LogP contribution in [0.25, 0.3) is 0 Å². The molecule has 0 bridgehead atoms. The lowest BCUT2D eigenvalue weighted by molar-refractivity contribution is 0.368. The van der Waals surface area contributed by atoms with Crippen molar-refractivity contribution in [3.05, 3.63) is 72.1 Å². The molecule has 2 aromatic carbocycles. The molecule has 1 unspecified atom stereocenters.